The molecule has 0 aliphatic heterocycles. The van der Waals surface area contributed by atoms with E-state index in [9.17, 15) is 0 Å². The Morgan fingerprint density at radius 3 is 2.59 bits per heavy atom. The van der Waals surface area contributed by atoms with Crippen molar-refractivity contribution in [2.24, 2.45) is 0 Å². The topological polar surface area (TPSA) is 85.2 Å². The number of para-hydroxylation sites is 2. The van der Waals surface area contributed by atoms with E-state index in [2.05, 4.69) is 67.4 Å². The second-order valence-electron chi connectivity index (χ2n) is 6.85. The van der Waals surface area contributed by atoms with Gasteiger partial charge in [-0.15, -0.1) is 10.2 Å². The zero-order valence-electron chi connectivity index (χ0n) is 15.9. The summed E-state index contributed by atoms with van der Waals surface area (Å²) in [5, 5.41) is 14.3. The molecule has 0 aliphatic carbocycles. The number of nitrogens with zero attached hydrogens (tertiary/aromatic N) is 6. The molecule has 5 rings (SSSR count). The van der Waals surface area contributed by atoms with Crippen LogP contribution in [-0.2, 0) is 13.0 Å². The fraction of sp³-hybridized carbons (Fsp3) is 0.136. The van der Waals surface area contributed by atoms with Crippen molar-refractivity contribution in [1.82, 2.24) is 35.2 Å². The van der Waals surface area contributed by atoms with Crippen LogP contribution in [0.3, 0.4) is 0 Å². The van der Waals surface area contributed by atoms with E-state index in [4.69, 9.17) is 4.98 Å². The molecule has 3 aromatic heterocycles. The highest BCUT2D eigenvalue weighted by Crippen LogP contribution is 2.27. The molecule has 0 unspecified atom stereocenters. The molecule has 7 nitrogen and oxygen atoms in total. The largest absolute Gasteiger partial charge is 0.318 e. The average Bonchev–Trinajstić information content (AvgIpc) is 3.43. The van der Waals surface area contributed by atoms with Crippen molar-refractivity contribution in [3.8, 4) is 22.9 Å². The van der Waals surface area contributed by atoms with Crippen LogP contribution in [0.5, 0.6) is 0 Å². The van der Waals surface area contributed by atoms with E-state index in [0.29, 0.717) is 12.4 Å². The number of aromatic nitrogens is 7. The molecule has 0 spiro atoms. The number of rotatable bonds is 5. The summed E-state index contributed by atoms with van der Waals surface area (Å²) >= 11 is 0. The van der Waals surface area contributed by atoms with Crippen molar-refractivity contribution in [3.63, 3.8) is 0 Å². The van der Waals surface area contributed by atoms with Gasteiger partial charge in [-0.05, 0) is 47.0 Å². The van der Waals surface area contributed by atoms with Gasteiger partial charge in [0.1, 0.15) is 5.69 Å². The van der Waals surface area contributed by atoms with Gasteiger partial charge in [-0.3, -0.25) is 4.98 Å². The number of aryl methyl sites for hydroxylation is 1. The van der Waals surface area contributed by atoms with E-state index >= 15 is 0 Å². The summed E-state index contributed by atoms with van der Waals surface area (Å²) in [6, 6.07) is 20.7. The quantitative estimate of drug-likeness (QED) is 0.499. The van der Waals surface area contributed by atoms with Gasteiger partial charge < -0.3 is 4.57 Å². The fourth-order valence-corrected chi connectivity index (χ4v) is 3.47. The van der Waals surface area contributed by atoms with Crippen molar-refractivity contribution in [1.29, 1.82) is 0 Å². The van der Waals surface area contributed by atoms with Crippen LogP contribution in [0.25, 0.3) is 33.9 Å². The normalized spacial score (nSPS) is 11.2. The Labute approximate surface area is 167 Å². The molecule has 5 aromatic rings. The molecule has 0 saturated carbocycles. The smallest absolute Gasteiger partial charge is 0.204 e. The van der Waals surface area contributed by atoms with Crippen molar-refractivity contribution in [2.45, 2.75) is 19.9 Å². The SMILES string of the molecule is CCc1ccc(Cn2c(-c3cc(-c4nn[nH]n4)ccn3)nc3ccccc32)cc1. The van der Waals surface area contributed by atoms with E-state index < -0.39 is 0 Å². The van der Waals surface area contributed by atoms with Gasteiger partial charge in [0.05, 0.1) is 11.0 Å². The van der Waals surface area contributed by atoms with Gasteiger partial charge in [0.25, 0.3) is 0 Å². The van der Waals surface area contributed by atoms with Gasteiger partial charge in [-0.25, -0.2) is 4.98 Å². The molecular weight excluding hydrogens is 362 g/mol. The first-order valence-corrected chi connectivity index (χ1v) is 9.55. The number of hydrogen-bond donors (Lipinski definition) is 1. The highest BCUT2D eigenvalue weighted by Gasteiger charge is 2.15. The van der Waals surface area contributed by atoms with Gasteiger partial charge in [0.2, 0.25) is 5.82 Å². The maximum atomic E-state index is 4.87. The highest BCUT2D eigenvalue weighted by atomic mass is 15.5. The van der Waals surface area contributed by atoms with E-state index in [1.54, 1.807) is 6.20 Å². The summed E-state index contributed by atoms with van der Waals surface area (Å²) < 4.78 is 2.21. The third-order valence-corrected chi connectivity index (χ3v) is 5.02. The van der Waals surface area contributed by atoms with Gasteiger partial charge in [-0.1, -0.05) is 43.3 Å². The monoisotopic (exact) mass is 381 g/mol. The third kappa shape index (κ3) is 3.27. The predicted molar refractivity (Wildman–Crippen MR) is 111 cm³/mol. The van der Waals surface area contributed by atoms with E-state index in [-0.39, 0.29) is 0 Å². The molecule has 3 heterocycles. The van der Waals surface area contributed by atoms with Crippen LogP contribution in [0.1, 0.15) is 18.1 Å². The van der Waals surface area contributed by atoms with Crippen molar-refractivity contribution in [2.75, 3.05) is 0 Å². The van der Waals surface area contributed by atoms with Crippen LogP contribution in [0.15, 0.2) is 66.9 Å². The van der Waals surface area contributed by atoms with E-state index in [1.165, 1.54) is 11.1 Å². The third-order valence-electron chi connectivity index (χ3n) is 5.02. The number of imidazole rings is 1. The van der Waals surface area contributed by atoms with Crippen LogP contribution >= 0.6 is 0 Å². The Balaban J connectivity index is 1.62. The van der Waals surface area contributed by atoms with Crippen molar-refractivity contribution < 1.29 is 0 Å². The number of fused-ring (bicyclic) bond motifs is 1. The first-order valence-electron chi connectivity index (χ1n) is 9.55. The Bertz CT molecular complexity index is 1250. The Kier molecular flexibility index (Phi) is 4.32. The number of pyridine rings is 1. The maximum Gasteiger partial charge on any atom is 0.204 e. The van der Waals surface area contributed by atoms with Crippen LogP contribution in [-0.4, -0.2) is 35.2 Å². The highest BCUT2D eigenvalue weighted by molar-refractivity contribution is 5.80. The average molecular weight is 381 g/mol. The maximum absolute atomic E-state index is 4.87. The number of aromatic amines is 1. The number of H-pyrrole nitrogens is 1. The van der Waals surface area contributed by atoms with Gasteiger partial charge in [0.15, 0.2) is 5.82 Å². The Hall–Kier alpha value is -3.87. The first kappa shape index (κ1) is 17.2. The van der Waals surface area contributed by atoms with Crippen LogP contribution in [0.2, 0.25) is 0 Å². The zero-order valence-corrected chi connectivity index (χ0v) is 15.9. The summed E-state index contributed by atoms with van der Waals surface area (Å²) in [4.78, 5) is 9.45. The molecule has 0 radical (unpaired) electrons. The Morgan fingerprint density at radius 1 is 0.966 bits per heavy atom. The van der Waals surface area contributed by atoms with Crippen molar-refractivity contribution in [3.05, 3.63) is 78.0 Å². The molecule has 142 valence electrons. The summed E-state index contributed by atoms with van der Waals surface area (Å²) in [5.41, 5.74) is 6.19. The number of nitrogens with one attached hydrogen (secondary N) is 1. The fourth-order valence-electron chi connectivity index (χ4n) is 3.47. The minimum Gasteiger partial charge on any atom is -0.318 e. The minimum atomic E-state index is 0.534. The lowest BCUT2D eigenvalue weighted by molar-refractivity contribution is 0.829. The molecule has 7 heteroatoms. The summed E-state index contributed by atoms with van der Waals surface area (Å²) in [6.07, 6.45) is 2.78. The first-order chi connectivity index (χ1) is 14.3. The molecule has 0 amide bonds. The molecule has 0 bridgehead atoms. The number of tetrazole rings is 1. The molecule has 2 aromatic carbocycles. The summed E-state index contributed by atoms with van der Waals surface area (Å²) in [7, 11) is 0. The Morgan fingerprint density at radius 2 is 1.79 bits per heavy atom. The molecule has 29 heavy (non-hydrogen) atoms. The molecule has 0 aliphatic rings. The summed E-state index contributed by atoms with van der Waals surface area (Å²) in [6.45, 7) is 2.88. The minimum absolute atomic E-state index is 0.534. The lowest BCUT2D eigenvalue weighted by atomic mass is 10.1. The van der Waals surface area contributed by atoms with Crippen molar-refractivity contribution >= 4 is 11.0 Å². The van der Waals surface area contributed by atoms with Crippen LogP contribution < -0.4 is 0 Å². The molecule has 1 N–H and O–H groups in total. The second kappa shape index (κ2) is 7.27. The molecular formula is C22H19N7. The van der Waals surface area contributed by atoms with E-state index in [1.807, 2.05) is 30.3 Å². The predicted octanol–water partition coefficient (Wildman–Crippen LogP) is 3.89. The van der Waals surface area contributed by atoms with E-state index in [0.717, 1.165) is 34.5 Å². The summed E-state index contributed by atoms with van der Waals surface area (Å²) in [5.74, 6) is 1.35. The van der Waals surface area contributed by atoms with Gasteiger partial charge in [-0.2, -0.15) is 5.21 Å². The van der Waals surface area contributed by atoms with Gasteiger partial charge in [0, 0.05) is 18.3 Å². The number of benzene rings is 2. The molecule has 0 atom stereocenters. The number of hydrogen-bond acceptors (Lipinski definition) is 5. The standard InChI is InChI=1S/C22H19N7/c1-2-15-7-9-16(10-8-15)14-29-20-6-4-3-5-18(20)24-22(29)19-13-17(11-12-23-19)21-25-27-28-26-21/h3-13H,2,14H2,1H3,(H,25,26,27,28). The molecule has 0 fully saturated rings. The molecule has 0 saturated heterocycles. The second-order valence-corrected chi connectivity index (χ2v) is 6.85. The van der Waals surface area contributed by atoms with Crippen LogP contribution in [0, 0.1) is 0 Å². The lowest BCUT2D eigenvalue weighted by Crippen LogP contribution is -2.03. The van der Waals surface area contributed by atoms with Crippen LogP contribution in [0.4, 0.5) is 0 Å². The lowest BCUT2D eigenvalue weighted by Gasteiger charge is -2.10. The zero-order chi connectivity index (χ0) is 19.6. The van der Waals surface area contributed by atoms with Gasteiger partial charge >= 0.3 is 0 Å².